The fraction of sp³-hybridized carbons (Fsp3) is 0.273. The van der Waals surface area contributed by atoms with Gasteiger partial charge in [0.25, 0.3) is 0 Å². The first kappa shape index (κ1) is 10.8. The summed E-state index contributed by atoms with van der Waals surface area (Å²) in [6.45, 7) is 2.25. The zero-order valence-electron chi connectivity index (χ0n) is 8.89. The Morgan fingerprint density at radius 2 is 2.00 bits per heavy atom. The Hall–Kier alpha value is -1.75. The number of hydrogen-bond acceptors (Lipinski definition) is 3. The molecule has 0 radical (unpaired) electrons. The summed E-state index contributed by atoms with van der Waals surface area (Å²) in [6.07, 6.45) is 0. The Kier molecular flexibility index (Phi) is 2.96. The third kappa shape index (κ3) is 2.09. The van der Waals surface area contributed by atoms with Gasteiger partial charge in [-0.25, -0.2) is 9.07 Å². The first-order chi connectivity index (χ1) is 7.70. The Morgan fingerprint density at radius 3 is 2.56 bits per heavy atom. The molecule has 1 aromatic heterocycles. The highest BCUT2D eigenvalue weighted by Gasteiger charge is 2.07. The summed E-state index contributed by atoms with van der Waals surface area (Å²) in [5.74, 6) is -0.255. The van der Waals surface area contributed by atoms with Gasteiger partial charge in [-0.1, -0.05) is 17.3 Å². The third-order valence-electron chi connectivity index (χ3n) is 2.47. The van der Waals surface area contributed by atoms with E-state index in [0.29, 0.717) is 12.2 Å². The molecule has 0 unspecified atom stereocenters. The minimum atomic E-state index is -0.255. The van der Waals surface area contributed by atoms with Gasteiger partial charge in [-0.05, 0) is 24.6 Å². The molecule has 0 saturated carbocycles. The van der Waals surface area contributed by atoms with Crippen LogP contribution in [0.2, 0.25) is 0 Å². The number of nitrogens with zero attached hydrogens (tertiary/aromatic N) is 3. The number of benzene rings is 1. The van der Waals surface area contributed by atoms with Gasteiger partial charge in [0.2, 0.25) is 0 Å². The molecule has 0 fully saturated rings. The van der Waals surface area contributed by atoms with Crippen molar-refractivity contribution in [2.75, 3.05) is 0 Å². The molecular formula is C11H12FN3O. The van der Waals surface area contributed by atoms with Gasteiger partial charge in [-0.3, -0.25) is 0 Å². The molecule has 4 nitrogen and oxygen atoms in total. The maximum atomic E-state index is 12.7. The van der Waals surface area contributed by atoms with Gasteiger partial charge in [-0.15, -0.1) is 5.10 Å². The summed E-state index contributed by atoms with van der Waals surface area (Å²) in [4.78, 5) is 0. The molecule has 0 amide bonds. The van der Waals surface area contributed by atoms with Crippen molar-refractivity contribution in [3.8, 4) is 0 Å². The Bertz CT molecular complexity index is 478. The van der Waals surface area contributed by atoms with Crippen LogP contribution in [0.15, 0.2) is 24.3 Å². The zero-order valence-corrected chi connectivity index (χ0v) is 8.89. The summed E-state index contributed by atoms with van der Waals surface area (Å²) in [5, 5.41) is 16.7. The minimum absolute atomic E-state index is 0.116. The largest absolute Gasteiger partial charge is 0.390 e. The van der Waals surface area contributed by atoms with E-state index in [9.17, 15) is 4.39 Å². The summed E-state index contributed by atoms with van der Waals surface area (Å²) >= 11 is 0. The van der Waals surface area contributed by atoms with Crippen molar-refractivity contribution >= 4 is 0 Å². The van der Waals surface area contributed by atoms with Crippen LogP contribution in [0, 0.1) is 12.7 Å². The standard InChI is InChI=1S/C11H12FN3O/c1-8-11(7-16)13-14-15(8)6-9-2-4-10(12)5-3-9/h2-5,16H,6-7H2,1H3. The predicted octanol–water partition coefficient (Wildman–Crippen LogP) is 1.27. The van der Waals surface area contributed by atoms with Crippen LogP contribution in [0.4, 0.5) is 4.39 Å². The van der Waals surface area contributed by atoms with Crippen molar-refractivity contribution in [1.82, 2.24) is 15.0 Å². The highest BCUT2D eigenvalue weighted by atomic mass is 19.1. The Labute approximate surface area is 92.3 Å². The molecule has 84 valence electrons. The first-order valence-electron chi connectivity index (χ1n) is 4.95. The number of halogens is 1. The monoisotopic (exact) mass is 221 g/mol. The summed E-state index contributed by atoms with van der Waals surface area (Å²) < 4.78 is 14.4. The quantitative estimate of drug-likeness (QED) is 0.849. The van der Waals surface area contributed by atoms with Crippen molar-refractivity contribution in [2.24, 2.45) is 0 Å². The fourth-order valence-electron chi connectivity index (χ4n) is 1.46. The second-order valence-electron chi connectivity index (χ2n) is 3.56. The third-order valence-corrected chi connectivity index (χ3v) is 2.47. The van der Waals surface area contributed by atoms with Crippen LogP contribution in [-0.4, -0.2) is 20.1 Å². The second-order valence-corrected chi connectivity index (χ2v) is 3.56. The predicted molar refractivity (Wildman–Crippen MR) is 56.2 cm³/mol. The van der Waals surface area contributed by atoms with Crippen molar-refractivity contribution in [2.45, 2.75) is 20.1 Å². The van der Waals surface area contributed by atoms with Gasteiger partial charge in [0.1, 0.15) is 11.5 Å². The SMILES string of the molecule is Cc1c(CO)nnn1Cc1ccc(F)cc1. The fourth-order valence-corrected chi connectivity index (χ4v) is 1.46. The molecule has 16 heavy (non-hydrogen) atoms. The molecule has 1 heterocycles. The Balaban J connectivity index is 2.20. The highest BCUT2D eigenvalue weighted by Crippen LogP contribution is 2.08. The Morgan fingerprint density at radius 1 is 1.31 bits per heavy atom. The summed E-state index contributed by atoms with van der Waals surface area (Å²) in [7, 11) is 0. The lowest BCUT2D eigenvalue weighted by molar-refractivity contribution is 0.276. The van der Waals surface area contributed by atoms with Crippen molar-refractivity contribution in [3.63, 3.8) is 0 Å². The molecule has 1 aromatic carbocycles. The van der Waals surface area contributed by atoms with Crippen LogP contribution in [0.1, 0.15) is 17.0 Å². The van der Waals surface area contributed by atoms with Crippen LogP contribution < -0.4 is 0 Å². The lowest BCUT2D eigenvalue weighted by Crippen LogP contribution is -2.04. The van der Waals surface area contributed by atoms with Gasteiger partial charge >= 0.3 is 0 Å². The van der Waals surface area contributed by atoms with E-state index in [0.717, 1.165) is 11.3 Å². The lowest BCUT2D eigenvalue weighted by atomic mass is 10.2. The van der Waals surface area contributed by atoms with Crippen molar-refractivity contribution < 1.29 is 9.50 Å². The number of aromatic nitrogens is 3. The molecule has 0 atom stereocenters. The first-order valence-corrected chi connectivity index (χ1v) is 4.95. The van der Waals surface area contributed by atoms with E-state index in [4.69, 9.17) is 5.11 Å². The van der Waals surface area contributed by atoms with E-state index in [1.807, 2.05) is 6.92 Å². The van der Waals surface area contributed by atoms with E-state index in [2.05, 4.69) is 10.3 Å². The maximum Gasteiger partial charge on any atom is 0.123 e. The number of hydrogen-bond donors (Lipinski definition) is 1. The molecule has 0 saturated heterocycles. The normalized spacial score (nSPS) is 10.7. The van der Waals surface area contributed by atoms with E-state index >= 15 is 0 Å². The number of aliphatic hydroxyl groups excluding tert-OH is 1. The molecule has 2 rings (SSSR count). The van der Waals surface area contributed by atoms with Crippen LogP contribution in [-0.2, 0) is 13.2 Å². The average Bonchev–Trinajstić information content (AvgIpc) is 2.63. The molecule has 0 aliphatic heterocycles. The van der Waals surface area contributed by atoms with E-state index in [1.165, 1.54) is 12.1 Å². The number of rotatable bonds is 3. The summed E-state index contributed by atoms with van der Waals surface area (Å²) in [6, 6.07) is 6.23. The molecular weight excluding hydrogens is 209 g/mol. The van der Waals surface area contributed by atoms with Crippen LogP contribution >= 0.6 is 0 Å². The van der Waals surface area contributed by atoms with E-state index < -0.39 is 0 Å². The molecule has 5 heteroatoms. The maximum absolute atomic E-state index is 12.7. The minimum Gasteiger partial charge on any atom is -0.390 e. The van der Waals surface area contributed by atoms with Gasteiger partial charge in [-0.2, -0.15) is 0 Å². The van der Waals surface area contributed by atoms with E-state index in [-0.39, 0.29) is 12.4 Å². The molecule has 0 aliphatic carbocycles. The van der Waals surface area contributed by atoms with Crippen LogP contribution in [0.3, 0.4) is 0 Å². The van der Waals surface area contributed by atoms with Crippen molar-refractivity contribution in [1.29, 1.82) is 0 Å². The van der Waals surface area contributed by atoms with E-state index in [1.54, 1.807) is 16.8 Å². The zero-order chi connectivity index (χ0) is 11.5. The lowest BCUT2D eigenvalue weighted by Gasteiger charge is -2.03. The summed E-state index contributed by atoms with van der Waals surface area (Å²) in [5.41, 5.74) is 2.34. The highest BCUT2D eigenvalue weighted by molar-refractivity contribution is 5.17. The molecule has 1 N–H and O–H groups in total. The number of aliphatic hydroxyl groups is 1. The molecule has 0 aliphatic rings. The second kappa shape index (κ2) is 4.40. The van der Waals surface area contributed by atoms with Crippen molar-refractivity contribution in [3.05, 3.63) is 47.0 Å². The van der Waals surface area contributed by atoms with Gasteiger partial charge in [0.15, 0.2) is 0 Å². The van der Waals surface area contributed by atoms with Crippen LogP contribution in [0.5, 0.6) is 0 Å². The van der Waals surface area contributed by atoms with Gasteiger partial charge in [0.05, 0.1) is 18.8 Å². The topological polar surface area (TPSA) is 50.9 Å². The molecule has 0 bridgehead atoms. The smallest absolute Gasteiger partial charge is 0.123 e. The molecule has 2 aromatic rings. The van der Waals surface area contributed by atoms with Gasteiger partial charge in [0, 0.05) is 0 Å². The average molecular weight is 221 g/mol. The van der Waals surface area contributed by atoms with Gasteiger partial charge < -0.3 is 5.11 Å². The van der Waals surface area contributed by atoms with Crippen LogP contribution in [0.25, 0.3) is 0 Å². The molecule has 0 spiro atoms.